The van der Waals surface area contributed by atoms with E-state index in [0.29, 0.717) is 5.92 Å². The van der Waals surface area contributed by atoms with Gasteiger partial charge < -0.3 is 4.98 Å². The molecular formula is C16H23N3. The fourth-order valence-corrected chi connectivity index (χ4v) is 3.04. The number of piperidine rings is 1. The second kappa shape index (κ2) is 4.64. The standard InChI is InChI=1S/C16H23N3/c1-16(2,3)19-9-5-7-13(11-19)14-10-12-6-4-8-17-15(12)18-14/h4,6,8,10,13H,5,7,9,11H2,1-3H3,(H,17,18). The van der Waals surface area contributed by atoms with E-state index in [2.05, 4.69) is 47.8 Å². The first-order valence-electron chi connectivity index (χ1n) is 7.23. The molecule has 19 heavy (non-hydrogen) atoms. The van der Waals surface area contributed by atoms with Crippen LogP contribution in [0.15, 0.2) is 24.4 Å². The van der Waals surface area contributed by atoms with Crippen LogP contribution in [0.1, 0.15) is 45.2 Å². The van der Waals surface area contributed by atoms with Gasteiger partial charge in [-0.3, -0.25) is 4.90 Å². The molecule has 1 aliphatic rings. The minimum absolute atomic E-state index is 0.267. The largest absolute Gasteiger partial charge is 0.343 e. The maximum Gasteiger partial charge on any atom is 0.137 e. The quantitative estimate of drug-likeness (QED) is 0.847. The Morgan fingerprint density at radius 3 is 2.95 bits per heavy atom. The third kappa shape index (κ3) is 2.52. The molecule has 3 rings (SSSR count). The van der Waals surface area contributed by atoms with Crippen LogP contribution in [0.4, 0.5) is 0 Å². The van der Waals surface area contributed by atoms with Gasteiger partial charge in [-0.1, -0.05) is 0 Å². The molecule has 0 aliphatic carbocycles. The van der Waals surface area contributed by atoms with Crippen molar-refractivity contribution in [1.29, 1.82) is 0 Å². The number of rotatable bonds is 1. The van der Waals surface area contributed by atoms with Gasteiger partial charge in [0.05, 0.1) is 0 Å². The number of H-pyrrole nitrogens is 1. The Balaban J connectivity index is 1.85. The predicted octanol–water partition coefficient (Wildman–Crippen LogP) is 3.54. The smallest absolute Gasteiger partial charge is 0.137 e. The van der Waals surface area contributed by atoms with Gasteiger partial charge in [0.2, 0.25) is 0 Å². The van der Waals surface area contributed by atoms with E-state index < -0.39 is 0 Å². The Labute approximate surface area is 115 Å². The average molecular weight is 257 g/mol. The molecule has 1 aliphatic heterocycles. The van der Waals surface area contributed by atoms with Crippen LogP contribution in [0.2, 0.25) is 0 Å². The second-order valence-corrected chi connectivity index (χ2v) is 6.62. The summed E-state index contributed by atoms with van der Waals surface area (Å²) in [6, 6.07) is 6.41. The van der Waals surface area contributed by atoms with Gasteiger partial charge in [-0.2, -0.15) is 0 Å². The topological polar surface area (TPSA) is 31.9 Å². The van der Waals surface area contributed by atoms with Gasteiger partial charge in [0, 0.05) is 35.3 Å². The van der Waals surface area contributed by atoms with Crippen molar-refractivity contribution >= 4 is 11.0 Å². The normalized spacial score (nSPS) is 21.9. The predicted molar refractivity (Wildman–Crippen MR) is 79.4 cm³/mol. The number of hydrogen-bond acceptors (Lipinski definition) is 2. The first-order chi connectivity index (χ1) is 9.04. The van der Waals surface area contributed by atoms with Crippen LogP contribution in [0.5, 0.6) is 0 Å². The van der Waals surface area contributed by atoms with Crippen LogP contribution in [-0.4, -0.2) is 33.5 Å². The Morgan fingerprint density at radius 2 is 2.21 bits per heavy atom. The molecule has 0 bridgehead atoms. The molecule has 1 N–H and O–H groups in total. The van der Waals surface area contributed by atoms with E-state index >= 15 is 0 Å². The molecule has 1 unspecified atom stereocenters. The molecular weight excluding hydrogens is 234 g/mol. The van der Waals surface area contributed by atoms with Crippen LogP contribution in [0.25, 0.3) is 11.0 Å². The zero-order valence-corrected chi connectivity index (χ0v) is 12.1. The van der Waals surface area contributed by atoms with Crippen LogP contribution < -0.4 is 0 Å². The summed E-state index contributed by atoms with van der Waals surface area (Å²) in [5.41, 5.74) is 2.64. The Kier molecular flexibility index (Phi) is 3.09. The Morgan fingerprint density at radius 1 is 1.37 bits per heavy atom. The number of hydrogen-bond donors (Lipinski definition) is 1. The summed E-state index contributed by atoms with van der Waals surface area (Å²) in [6.07, 6.45) is 4.41. The lowest BCUT2D eigenvalue weighted by Gasteiger charge is -2.41. The third-order valence-corrected chi connectivity index (χ3v) is 4.22. The fraction of sp³-hybridized carbons (Fsp3) is 0.562. The maximum absolute atomic E-state index is 4.40. The number of aromatic nitrogens is 2. The van der Waals surface area contributed by atoms with Crippen molar-refractivity contribution < 1.29 is 0 Å². The molecule has 1 saturated heterocycles. The van der Waals surface area contributed by atoms with Gasteiger partial charge in [-0.15, -0.1) is 0 Å². The number of nitrogens with zero attached hydrogens (tertiary/aromatic N) is 2. The van der Waals surface area contributed by atoms with Crippen LogP contribution in [-0.2, 0) is 0 Å². The van der Waals surface area contributed by atoms with Gasteiger partial charge in [0.15, 0.2) is 0 Å². The van der Waals surface area contributed by atoms with Crippen molar-refractivity contribution in [2.24, 2.45) is 0 Å². The summed E-state index contributed by atoms with van der Waals surface area (Å²) in [7, 11) is 0. The van der Waals surface area contributed by atoms with Crippen LogP contribution in [0.3, 0.4) is 0 Å². The molecule has 3 heteroatoms. The minimum Gasteiger partial charge on any atom is -0.343 e. The Hall–Kier alpha value is -1.35. The van der Waals surface area contributed by atoms with E-state index in [-0.39, 0.29) is 5.54 Å². The van der Waals surface area contributed by atoms with Crippen molar-refractivity contribution in [3.8, 4) is 0 Å². The molecule has 3 nitrogen and oxygen atoms in total. The maximum atomic E-state index is 4.40. The summed E-state index contributed by atoms with van der Waals surface area (Å²) in [6.45, 7) is 9.29. The van der Waals surface area contributed by atoms with Gasteiger partial charge in [-0.25, -0.2) is 4.98 Å². The van der Waals surface area contributed by atoms with Crippen LogP contribution in [0, 0.1) is 0 Å². The summed E-state index contributed by atoms with van der Waals surface area (Å²) < 4.78 is 0. The molecule has 2 aromatic rings. The number of aromatic amines is 1. The highest BCUT2D eigenvalue weighted by molar-refractivity contribution is 5.76. The molecule has 102 valence electrons. The van der Waals surface area contributed by atoms with Crippen molar-refractivity contribution in [1.82, 2.24) is 14.9 Å². The number of likely N-dealkylation sites (tertiary alicyclic amines) is 1. The lowest BCUT2D eigenvalue weighted by molar-refractivity contribution is 0.0979. The van der Waals surface area contributed by atoms with E-state index in [0.717, 1.165) is 12.2 Å². The molecule has 0 radical (unpaired) electrons. The molecule has 0 saturated carbocycles. The van der Waals surface area contributed by atoms with E-state index in [4.69, 9.17) is 0 Å². The van der Waals surface area contributed by atoms with Gasteiger partial charge in [0.1, 0.15) is 5.65 Å². The van der Waals surface area contributed by atoms with E-state index in [1.807, 2.05) is 12.3 Å². The molecule has 2 aromatic heterocycles. The molecule has 0 spiro atoms. The molecule has 0 aromatic carbocycles. The van der Waals surface area contributed by atoms with Crippen LogP contribution >= 0.6 is 0 Å². The summed E-state index contributed by atoms with van der Waals surface area (Å²) in [5.74, 6) is 0.613. The highest BCUT2D eigenvalue weighted by atomic mass is 15.2. The zero-order chi connectivity index (χ0) is 13.5. The summed E-state index contributed by atoms with van der Waals surface area (Å²) in [4.78, 5) is 10.5. The molecule has 1 atom stereocenters. The van der Waals surface area contributed by atoms with Gasteiger partial charge in [-0.05, 0) is 58.4 Å². The monoisotopic (exact) mass is 257 g/mol. The van der Waals surface area contributed by atoms with Crippen molar-refractivity contribution in [3.05, 3.63) is 30.1 Å². The Bertz CT molecular complexity index is 532. The highest BCUT2D eigenvalue weighted by Gasteiger charge is 2.29. The highest BCUT2D eigenvalue weighted by Crippen LogP contribution is 2.31. The third-order valence-electron chi connectivity index (χ3n) is 4.22. The fourth-order valence-electron chi connectivity index (χ4n) is 3.04. The van der Waals surface area contributed by atoms with Crippen molar-refractivity contribution in [2.45, 2.75) is 45.1 Å². The second-order valence-electron chi connectivity index (χ2n) is 6.62. The van der Waals surface area contributed by atoms with Crippen molar-refractivity contribution in [3.63, 3.8) is 0 Å². The SMILES string of the molecule is CC(C)(C)N1CCCC(c2cc3cccnc3[nH]2)C1. The number of nitrogens with one attached hydrogen (secondary N) is 1. The van der Waals surface area contributed by atoms with Gasteiger partial charge in [0.25, 0.3) is 0 Å². The lowest BCUT2D eigenvalue weighted by Crippen LogP contribution is -2.46. The summed E-state index contributed by atoms with van der Waals surface area (Å²) in [5, 5.41) is 1.23. The van der Waals surface area contributed by atoms with Gasteiger partial charge >= 0.3 is 0 Å². The zero-order valence-electron chi connectivity index (χ0n) is 12.1. The first-order valence-corrected chi connectivity index (χ1v) is 7.23. The lowest BCUT2D eigenvalue weighted by atomic mass is 9.91. The van der Waals surface area contributed by atoms with Crippen molar-refractivity contribution in [2.75, 3.05) is 13.1 Å². The van der Waals surface area contributed by atoms with E-state index in [9.17, 15) is 0 Å². The molecule has 1 fully saturated rings. The molecule has 0 amide bonds. The van der Waals surface area contributed by atoms with E-state index in [1.54, 1.807) is 0 Å². The first kappa shape index (κ1) is 12.7. The van der Waals surface area contributed by atoms with E-state index in [1.165, 1.54) is 30.5 Å². The number of fused-ring (bicyclic) bond motifs is 1. The average Bonchev–Trinajstić information content (AvgIpc) is 2.81. The molecule has 3 heterocycles. The summed E-state index contributed by atoms with van der Waals surface area (Å²) >= 11 is 0. The number of pyridine rings is 1. The minimum atomic E-state index is 0.267.